The van der Waals surface area contributed by atoms with Gasteiger partial charge in [0.05, 0.1) is 33.3 Å². The van der Waals surface area contributed by atoms with E-state index in [9.17, 15) is 0 Å². The van der Waals surface area contributed by atoms with E-state index in [0.29, 0.717) is 0 Å². The van der Waals surface area contributed by atoms with E-state index >= 15 is 0 Å². The summed E-state index contributed by atoms with van der Waals surface area (Å²) < 4.78 is 4.64. The molecule has 0 N–H and O–H groups in total. The fourth-order valence-corrected chi connectivity index (χ4v) is 8.29. The maximum absolute atomic E-state index is 5.36. The number of rotatable bonds is 5. The first kappa shape index (κ1) is 30.3. The summed E-state index contributed by atoms with van der Waals surface area (Å²) in [6.07, 6.45) is 0. The van der Waals surface area contributed by atoms with Gasteiger partial charge < -0.3 is 4.57 Å². The van der Waals surface area contributed by atoms with E-state index in [4.69, 9.17) is 9.97 Å². The van der Waals surface area contributed by atoms with Crippen LogP contribution in [0.3, 0.4) is 0 Å². The van der Waals surface area contributed by atoms with Gasteiger partial charge in [0.25, 0.3) is 0 Å². The van der Waals surface area contributed by atoms with Crippen LogP contribution in [0.15, 0.2) is 194 Å². The number of para-hydroxylation sites is 5. The summed E-state index contributed by atoms with van der Waals surface area (Å²) in [7, 11) is 0. The molecule has 0 atom stereocenters. The first-order valence-corrected chi connectivity index (χ1v) is 18.3. The Kier molecular flexibility index (Phi) is 6.82. The fourth-order valence-electron chi connectivity index (χ4n) is 8.29. The summed E-state index contributed by atoms with van der Waals surface area (Å²) >= 11 is 0. The van der Waals surface area contributed by atoms with Gasteiger partial charge in [0, 0.05) is 49.4 Å². The SMILES string of the molecule is c1ccc(-c2nc3ccccc3n2-c2ccc(-c3cccc(-c4nc5ccccc5c5c4ccc4c5c5ccccc5n4-c4ccccc4)c3)cc2)cc1. The molecule has 0 saturated heterocycles. The van der Waals surface area contributed by atoms with Crippen molar-refractivity contribution in [1.82, 2.24) is 19.1 Å². The Morgan fingerprint density at radius 3 is 1.76 bits per heavy atom. The highest BCUT2D eigenvalue weighted by molar-refractivity contribution is 6.29. The van der Waals surface area contributed by atoms with Crippen LogP contribution in [0.4, 0.5) is 0 Å². The van der Waals surface area contributed by atoms with Gasteiger partial charge in [0.15, 0.2) is 0 Å². The summed E-state index contributed by atoms with van der Waals surface area (Å²) in [6, 6.07) is 68.9. The molecule has 252 valence electrons. The molecule has 0 amide bonds. The number of benzene rings is 8. The maximum Gasteiger partial charge on any atom is 0.145 e. The van der Waals surface area contributed by atoms with E-state index in [2.05, 4.69) is 191 Å². The molecule has 0 saturated carbocycles. The maximum atomic E-state index is 5.36. The molecule has 0 spiro atoms. The van der Waals surface area contributed by atoms with E-state index in [0.717, 1.165) is 72.5 Å². The molecule has 4 heteroatoms. The van der Waals surface area contributed by atoms with Crippen LogP contribution in [-0.4, -0.2) is 19.1 Å². The van der Waals surface area contributed by atoms with Crippen molar-refractivity contribution >= 4 is 54.5 Å². The number of imidazole rings is 1. The smallest absolute Gasteiger partial charge is 0.145 e. The standard InChI is InChI=1S/C50H32N4/c1-3-14-34(15-4-1)50-52-43-23-10-12-25-45(43)54(50)38-28-26-33(27-29-38)35-16-13-17-36(32-35)49-41-30-31-46-48(47(41)39-20-7-9-22-42(39)51-49)40-21-8-11-24-44(40)53(46)37-18-5-2-6-19-37/h1-32H. The number of aromatic nitrogens is 4. The second kappa shape index (κ2) is 12.1. The molecule has 0 bridgehead atoms. The van der Waals surface area contributed by atoms with E-state index in [1.54, 1.807) is 0 Å². The fraction of sp³-hybridized carbons (Fsp3) is 0. The van der Waals surface area contributed by atoms with Crippen LogP contribution in [0, 0.1) is 0 Å². The van der Waals surface area contributed by atoms with Gasteiger partial charge in [-0.05, 0) is 71.8 Å². The van der Waals surface area contributed by atoms with Gasteiger partial charge in [-0.15, -0.1) is 0 Å². The lowest BCUT2D eigenvalue weighted by molar-refractivity contribution is 1.10. The van der Waals surface area contributed by atoms with Crippen LogP contribution in [0.2, 0.25) is 0 Å². The Bertz CT molecular complexity index is 3190. The van der Waals surface area contributed by atoms with Crippen molar-refractivity contribution < 1.29 is 0 Å². The summed E-state index contributed by atoms with van der Waals surface area (Å²) in [6.45, 7) is 0. The van der Waals surface area contributed by atoms with Gasteiger partial charge in [0.1, 0.15) is 5.82 Å². The summed E-state index contributed by atoms with van der Waals surface area (Å²) in [4.78, 5) is 10.4. The van der Waals surface area contributed by atoms with Crippen LogP contribution < -0.4 is 0 Å². The van der Waals surface area contributed by atoms with Gasteiger partial charge in [-0.25, -0.2) is 9.97 Å². The van der Waals surface area contributed by atoms with Gasteiger partial charge in [0.2, 0.25) is 0 Å². The van der Waals surface area contributed by atoms with Gasteiger partial charge >= 0.3 is 0 Å². The number of fused-ring (bicyclic) bond motifs is 8. The average molecular weight is 689 g/mol. The molecule has 3 heterocycles. The predicted molar refractivity (Wildman–Crippen MR) is 225 cm³/mol. The summed E-state index contributed by atoms with van der Waals surface area (Å²) in [5, 5.41) is 6.02. The van der Waals surface area contributed by atoms with Gasteiger partial charge in [-0.2, -0.15) is 0 Å². The zero-order chi connectivity index (χ0) is 35.6. The topological polar surface area (TPSA) is 35.6 Å². The Morgan fingerprint density at radius 1 is 0.315 bits per heavy atom. The Balaban J connectivity index is 1.08. The second-order valence-corrected chi connectivity index (χ2v) is 13.8. The van der Waals surface area contributed by atoms with Crippen LogP contribution in [0.1, 0.15) is 0 Å². The monoisotopic (exact) mass is 688 g/mol. The molecule has 0 aliphatic rings. The normalized spacial score (nSPS) is 11.7. The van der Waals surface area contributed by atoms with Crippen molar-refractivity contribution in [2.24, 2.45) is 0 Å². The van der Waals surface area contributed by atoms with E-state index in [1.807, 2.05) is 12.1 Å². The molecule has 0 aliphatic heterocycles. The number of nitrogens with zero attached hydrogens (tertiary/aromatic N) is 4. The van der Waals surface area contributed by atoms with Crippen molar-refractivity contribution in [1.29, 1.82) is 0 Å². The minimum Gasteiger partial charge on any atom is -0.309 e. The van der Waals surface area contributed by atoms with Gasteiger partial charge in [-0.3, -0.25) is 4.57 Å². The third-order valence-electron chi connectivity index (χ3n) is 10.7. The van der Waals surface area contributed by atoms with Crippen molar-refractivity contribution in [3.8, 4) is 45.1 Å². The van der Waals surface area contributed by atoms with Crippen LogP contribution in [0.5, 0.6) is 0 Å². The highest BCUT2D eigenvalue weighted by Gasteiger charge is 2.20. The molecule has 0 fully saturated rings. The van der Waals surface area contributed by atoms with Crippen molar-refractivity contribution in [2.75, 3.05) is 0 Å². The average Bonchev–Trinajstić information content (AvgIpc) is 3.81. The molecular formula is C50H32N4. The molecule has 3 aromatic heterocycles. The molecule has 0 radical (unpaired) electrons. The molecule has 4 nitrogen and oxygen atoms in total. The number of hydrogen-bond acceptors (Lipinski definition) is 2. The van der Waals surface area contributed by atoms with Gasteiger partial charge in [-0.1, -0.05) is 133 Å². The van der Waals surface area contributed by atoms with Crippen LogP contribution >= 0.6 is 0 Å². The lowest BCUT2D eigenvalue weighted by Gasteiger charge is -2.14. The minimum absolute atomic E-state index is 0.932. The largest absolute Gasteiger partial charge is 0.309 e. The highest BCUT2D eigenvalue weighted by Crippen LogP contribution is 2.42. The van der Waals surface area contributed by atoms with Crippen LogP contribution in [-0.2, 0) is 0 Å². The molecule has 8 aromatic carbocycles. The minimum atomic E-state index is 0.932. The lowest BCUT2D eigenvalue weighted by Crippen LogP contribution is -1.97. The Hall–Kier alpha value is -7.30. The molecular weight excluding hydrogens is 657 g/mol. The van der Waals surface area contributed by atoms with E-state index in [-0.39, 0.29) is 0 Å². The van der Waals surface area contributed by atoms with Crippen molar-refractivity contribution in [2.45, 2.75) is 0 Å². The second-order valence-electron chi connectivity index (χ2n) is 13.8. The predicted octanol–water partition coefficient (Wildman–Crippen LogP) is 12.8. The van der Waals surface area contributed by atoms with Crippen LogP contribution in [0.25, 0.3) is 99.7 Å². The zero-order valence-corrected chi connectivity index (χ0v) is 29.3. The first-order chi connectivity index (χ1) is 26.8. The zero-order valence-electron chi connectivity index (χ0n) is 29.3. The highest BCUT2D eigenvalue weighted by atomic mass is 15.1. The lowest BCUT2D eigenvalue weighted by atomic mass is 9.94. The molecule has 0 unspecified atom stereocenters. The van der Waals surface area contributed by atoms with E-state index in [1.165, 1.54) is 27.2 Å². The molecule has 54 heavy (non-hydrogen) atoms. The Morgan fingerprint density at radius 2 is 0.944 bits per heavy atom. The summed E-state index contributed by atoms with van der Waals surface area (Å²) in [5.41, 5.74) is 13.1. The number of hydrogen-bond donors (Lipinski definition) is 0. The van der Waals surface area contributed by atoms with Crippen molar-refractivity contribution in [3.05, 3.63) is 194 Å². The molecule has 0 aliphatic carbocycles. The molecule has 11 rings (SSSR count). The Labute approximate surface area is 311 Å². The quantitative estimate of drug-likeness (QED) is 0.169. The molecule has 11 aromatic rings. The third kappa shape index (κ3) is 4.70. The van der Waals surface area contributed by atoms with Crippen molar-refractivity contribution in [3.63, 3.8) is 0 Å². The summed E-state index contributed by atoms with van der Waals surface area (Å²) in [5.74, 6) is 0.932. The third-order valence-corrected chi connectivity index (χ3v) is 10.7. The van der Waals surface area contributed by atoms with E-state index < -0.39 is 0 Å². The first-order valence-electron chi connectivity index (χ1n) is 18.3. The number of pyridine rings is 1.